The summed E-state index contributed by atoms with van der Waals surface area (Å²) < 4.78 is 5.47. The molecule has 0 amide bonds. The van der Waals surface area contributed by atoms with E-state index in [1.165, 1.54) is 11.1 Å². The van der Waals surface area contributed by atoms with Gasteiger partial charge in [0.15, 0.2) is 0 Å². The van der Waals surface area contributed by atoms with Gasteiger partial charge in [-0.05, 0) is 56.2 Å². The third-order valence-corrected chi connectivity index (χ3v) is 3.77. The minimum absolute atomic E-state index is 0.241. The van der Waals surface area contributed by atoms with Crippen LogP contribution in [0, 0.1) is 0 Å². The van der Waals surface area contributed by atoms with Crippen molar-refractivity contribution in [2.24, 2.45) is 0 Å². The van der Waals surface area contributed by atoms with Gasteiger partial charge in [-0.3, -0.25) is 0 Å². The highest BCUT2D eigenvalue weighted by Crippen LogP contribution is 2.23. The molecule has 0 spiro atoms. The Morgan fingerprint density at radius 3 is 2.29 bits per heavy atom. The van der Waals surface area contributed by atoms with Crippen molar-refractivity contribution >= 4 is 11.6 Å². The number of nitrogens with one attached hydrogen (secondary N) is 1. The van der Waals surface area contributed by atoms with Crippen LogP contribution in [0.1, 0.15) is 44.0 Å². The van der Waals surface area contributed by atoms with Crippen molar-refractivity contribution < 1.29 is 4.74 Å². The van der Waals surface area contributed by atoms with Crippen LogP contribution >= 0.6 is 11.6 Å². The normalized spacial score (nSPS) is 13.7. The van der Waals surface area contributed by atoms with E-state index >= 15 is 0 Å². The van der Waals surface area contributed by atoms with Crippen molar-refractivity contribution in [1.82, 2.24) is 5.32 Å². The van der Waals surface area contributed by atoms with Crippen LogP contribution in [0.2, 0.25) is 5.02 Å². The third-order valence-electron chi connectivity index (χ3n) is 3.54. The molecular weight excluding hydrogens is 282 g/mol. The van der Waals surface area contributed by atoms with E-state index in [-0.39, 0.29) is 12.1 Å². The third kappa shape index (κ3) is 4.48. The largest absolute Gasteiger partial charge is 0.494 e. The van der Waals surface area contributed by atoms with Crippen LogP contribution in [0.15, 0.2) is 48.5 Å². The molecule has 0 aromatic heterocycles. The molecule has 2 rings (SSSR count). The van der Waals surface area contributed by atoms with Crippen LogP contribution in [0.5, 0.6) is 5.75 Å². The Bertz CT molecular complexity index is 568. The molecule has 0 saturated heterocycles. The smallest absolute Gasteiger partial charge is 0.119 e. The van der Waals surface area contributed by atoms with Gasteiger partial charge in [0.1, 0.15) is 5.75 Å². The summed E-state index contributed by atoms with van der Waals surface area (Å²) in [6.45, 7) is 7.00. The standard InChI is InChI=1S/C18H22ClNO/c1-4-21-18-10-8-15(9-11-18)13(2)20-14(3)16-6-5-7-17(19)12-16/h5-14,20H,4H2,1-3H3/t13?,14-/m1/s1. The first-order chi connectivity index (χ1) is 10.1. The van der Waals surface area contributed by atoms with Crippen LogP contribution in [0.3, 0.4) is 0 Å². The number of rotatable bonds is 6. The zero-order valence-electron chi connectivity index (χ0n) is 12.8. The van der Waals surface area contributed by atoms with Crippen LogP contribution in [-0.4, -0.2) is 6.61 Å². The zero-order valence-corrected chi connectivity index (χ0v) is 13.5. The van der Waals surface area contributed by atoms with Gasteiger partial charge in [0.25, 0.3) is 0 Å². The van der Waals surface area contributed by atoms with Crippen molar-refractivity contribution in [3.63, 3.8) is 0 Å². The van der Waals surface area contributed by atoms with E-state index in [4.69, 9.17) is 16.3 Å². The summed E-state index contributed by atoms with van der Waals surface area (Å²) in [5.74, 6) is 0.913. The summed E-state index contributed by atoms with van der Waals surface area (Å²) in [5, 5.41) is 4.36. The van der Waals surface area contributed by atoms with E-state index in [1.54, 1.807) is 0 Å². The highest BCUT2D eigenvalue weighted by molar-refractivity contribution is 6.30. The lowest BCUT2D eigenvalue weighted by molar-refractivity contribution is 0.340. The van der Waals surface area contributed by atoms with Crippen LogP contribution in [0.4, 0.5) is 0 Å². The number of ether oxygens (including phenoxy) is 1. The van der Waals surface area contributed by atoms with Gasteiger partial charge in [0.05, 0.1) is 6.61 Å². The predicted octanol–water partition coefficient (Wildman–Crippen LogP) is 5.15. The van der Waals surface area contributed by atoms with Gasteiger partial charge in [-0.2, -0.15) is 0 Å². The van der Waals surface area contributed by atoms with Gasteiger partial charge < -0.3 is 10.1 Å². The molecule has 2 nitrogen and oxygen atoms in total. The minimum atomic E-state index is 0.241. The molecule has 3 heteroatoms. The molecule has 0 radical (unpaired) electrons. The maximum absolute atomic E-state index is 6.05. The van der Waals surface area contributed by atoms with E-state index in [2.05, 4.69) is 37.4 Å². The van der Waals surface area contributed by atoms with E-state index in [0.717, 1.165) is 10.8 Å². The highest BCUT2D eigenvalue weighted by Gasteiger charge is 2.11. The molecule has 0 heterocycles. The van der Waals surface area contributed by atoms with Crippen molar-refractivity contribution in [2.45, 2.75) is 32.9 Å². The Morgan fingerprint density at radius 1 is 1.00 bits per heavy atom. The number of hydrogen-bond acceptors (Lipinski definition) is 2. The first-order valence-electron chi connectivity index (χ1n) is 7.34. The van der Waals surface area contributed by atoms with Gasteiger partial charge in [0, 0.05) is 17.1 Å². The SMILES string of the molecule is CCOc1ccc(C(C)N[C@H](C)c2cccc(Cl)c2)cc1. The predicted molar refractivity (Wildman–Crippen MR) is 89.0 cm³/mol. The topological polar surface area (TPSA) is 21.3 Å². The van der Waals surface area contributed by atoms with Crippen LogP contribution in [-0.2, 0) is 0 Å². The molecule has 0 fully saturated rings. The Balaban J connectivity index is 2.01. The lowest BCUT2D eigenvalue weighted by Gasteiger charge is -2.21. The van der Waals surface area contributed by atoms with Gasteiger partial charge >= 0.3 is 0 Å². The fourth-order valence-corrected chi connectivity index (χ4v) is 2.56. The quantitative estimate of drug-likeness (QED) is 0.796. The molecule has 0 bridgehead atoms. The second kappa shape index (κ2) is 7.48. The molecular formula is C18H22ClNO. The van der Waals surface area contributed by atoms with Crippen molar-refractivity contribution in [2.75, 3.05) is 6.61 Å². The monoisotopic (exact) mass is 303 g/mol. The minimum Gasteiger partial charge on any atom is -0.494 e. The Labute approximate surface area is 132 Å². The van der Waals surface area contributed by atoms with Crippen molar-refractivity contribution in [3.8, 4) is 5.75 Å². The zero-order chi connectivity index (χ0) is 15.2. The summed E-state index contributed by atoms with van der Waals surface area (Å²) in [6, 6.07) is 16.7. The Morgan fingerprint density at radius 2 is 1.67 bits per heavy atom. The summed E-state index contributed by atoms with van der Waals surface area (Å²) in [4.78, 5) is 0. The molecule has 112 valence electrons. The number of benzene rings is 2. The average molecular weight is 304 g/mol. The average Bonchev–Trinajstić information content (AvgIpc) is 2.48. The number of hydrogen-bond donors (Lipinski definition) is 1. The molecule has 2 atom stereocenters. The Hall–Kier alpha value is -1.51. The summed E-state index contributed by atoms with van der Waals surface area (Å²) in [6.07, 6.45) is 0. The summed E-state index contributed by atoms with van der Waals surface area (Å²) in [5.41, 5.74) is 2.44. The van der Waals surface area contributed by atoms with Gasteiger partial charge in [-0.15, -0.1) is 0 Å². The molecule has 2 aromatic carbocycles. The molecule has 1 unspecified atom stereocenters. The van der Waals surface area contributed by atoms with Crippen molar-refractivity contribution in [3.05, 3.63) is 64.7 Å². The van der Waals surface area contributed by atoms with E-state index < -0.39 is 0 Å². The van der Waals surface area contributed by atoms with E-state index in [0.29, 0.717) is 6.61 Å². The van der Waals surface area contributed by atoms with E-state index in [9.17, 15) is 0 Å². The van der Waals surface area contributed by atoms with Gasteiger partial charge in [0.2, 0.25) is 0 Å². The van der Waals surface area contributed by atoms with Crippen LogP contribution < -0.4 is 10.1 Å². The molecule has 21 heavy (non-hydrogen) atoms. The maximum atomic E-state index is 6.05. The fourth-order valence-electron chi connectivity index (χ4n) is 2.36. The first kappa shape index (κ1) is 15.9. The first-order valence-corrected chi connectivity index (χ1v) is 7.72. The molecule has 0 aliphatic carbocycles. The second-order valence-corrected chi connectivity index (χ2v) is 5.60. The number of halogens is 1. The molecule has 0 aliphatic rings. The van der Waals surface area contributed by atoms with E-state index in [1.807, 2.05) is 37.3 Å². The highest BCUT2D eigenvalue weighted by atomic mass is 35.5. The molecule has 0 aliphatic heterocycles. The Kier molecular flexibility index (Phi) is 5.66. The molecule has 0 saturated carbocycles. The summed E-state index contributed by atoms with van der Waals surface area (Å²) >= 11 is 6.05. The van der Waals surface area contributed by atoms with Gasteiger partial charge in [-0.25, -0.2) is 0 Å². The molecule has 2 aromatic rings. The van der Waals surface area contributed by atoms with Crippen molar-refractivity contribution in [1.29, 1.82) is 0 Å². The van der Waals surface area contributed by atoms with Gasteiger partial charge in [-0.1, -0.05) is 35.9 Å². The maximum Gasteiger partial charge on any atom is 0.119 e. The summed E-state index contributed by atoms with van der Waals surface area (Å²) in [7, 11) is 0. The van der Waals surface area contributed by atoms with Crippen LogP contribution in [0.25, 0.3) is 0 Å². The lowest BCUT2D eigenvalue weighted by Crippen LogP contribution is -2.22. The fraction of sp³-hybridized carbons (Fsp3) is 0.333. The lowest BCUT2D eigenvalue weighted by atomic mass is 10.0. The molecule has 1 N–H and O–H groups in total. The second-order valence-electron chi connectivity index (χ2n) is 5.17.